The van der Waals surface area contributed by atoms with Crippen LogP contribution in [-0.2, 0) is 19.1 Å². The molecular formula is C20H36N2O4S2. The Bertz CT molecular complexity index is 470. The lowest BCUT2D eigenvalue weighted by atomic mass is 9.83. The van der Waals surface area contributed by atoms with E-state index in [0.717, 1.165) is 51.9 Å². The van der Waals surface area contributed by atoms with E-state index in [1.165, 1.54) is 21.6 Å². The van der Waals surface area contributed by atoms with Gasteiger partial charge in [-0.1, -0.05) is 21.6 Å². The molecule has 2 rings (SSSR count). The summed E-state index contributed by atoms with van der Waals surface area (Å²) in [5.74, 6) is 0.826. The molecule has 0 aliphatic carbocycles. The molecule has 2 aliphatic heterocycles. The maximum absolute atomic E-state index is 12.2. The summed E-state index contributed by atoms with van der Waals surface area (Å²) < 4.78 is 11.4. The number of nitrogens with one attached hydrogen (secondary N) is 2. The lowest BCUT2D eigenvalue weighted by molar-refractivity contribution is -0.160. The summed E-state index contributed by atoms with van der Waals surface area (Å²) in [6, 6.07) is 0. The quantitative estimate of drug-likeness (QED) is 0.327. The van der Waals surface area contributed by atoms with Gasteiger partial charge >= 0.3 is 11.9 Å². The van der Waals surface area contributed by atoms with Crippen molar-refractivity contribution in [2.75, 3.05) is 37.7 Å². The molecule has 0 amide bonds. The standard InChI is InChI=1S/C20H36N2O4S2/c1-19(2,15-5-9-21-10-6-15)25-17(23)13-27-28-14-18(24)26-20(3,4)16-7-11-22-12-8-16/h15-16,21-22H,5-14H2,1-4H3. The van der Waals surface area contributed by atoms with Crippen LogP contribution in [0.3, 0.4) is 0 Å². The average Bonchev–Trinajstić information content (AvgIpc) is 2.66. The largest absolute Gasteiger partial charge is 0.459 e. The van der Waals surface area contributed by atoms with Gasteiger partial charge in [0.05, 0.1) is 0 Å². The van der Waals surface area contributed by atoms with Crippen LogP contribution in [0.5, 0.6) is 0 Å². The van der Waals surface area contributed by atoms with Crippen LogP contribution >= 0.6 is 21.6 Å². The van der Waals surface area contributed by atoms with Crippen LogP contribution in [0.2, 0.25) is 0 Å². The Hall–Kier alpha value is -0.440. The van der Waals surface area contributed by atoms with Crippen molar-refractivity contribution in [3.05, 3.63) is 0 Å². The molecule has 0 aromatic heterocycles. The van der Waals surface area contributed by atoms with Crippen molar-refractivity contribution < 1.29 is 19.1 Å². The fraction of sp³-hybridized carbons (Fsp3) is 0.900. The van der Waals surface area contributed by atoms with Crippen LogP contribution in [0.25, 0.3) is 0 Å². The van der Waals surface area contributed by atoms with Crippen LogP contribution in [0, 0.1) is 11.8 Å². The SMILES string of the molecule is CC(C)(OC(=O)CSSCC(=O)OC(C)(C)C1CCNCC1)C1CCNCC1. The number of esters is 2. The fourth-order valence-electron chi connectivity index (χ4n) is 4.03. The van der Waals surface area contributed by atoms with Crippen LogP contribution in [-0.4, -0.2) is 60.8 Å². The molecule has 0 radical (unpaired) electrons. The van der Waals surface area contributed by atoms with Gasteiger partial charge in [-0.3, -0.25) is 9.59 Å². The molecule has 0 spiro atoms. The molecule has 2 N–H and O–H groups in total. The molecule has 0 bridgehead atoms. The normalized spacial score (nSPS) is 20.0. The van der Waals surface area contributed by atoms with Crippen molar-refractivity contribution >= 4 is 33.5 Å². The van der Waals surface area contributed by atoms with Gasteiger partial charge in [-0.2, -0.15) is 0 Å². The first-order valence-corrected chi connectivity index (χ1v) is 12.8. The predicted molar refractivity (Wildman–Crippen MR) is 116 cm³/mol. The van der Waals surface area contributed by atoms with E-state index in [4.69, 9.17) is 9.47 Å². The van der Waals surface area contributed by atoms with Crippen molar-refractivity contribution in [1.82, 2.24) is 10.6 Å². The first-order valence-electron chi connectivity index (χ1n) is 10.3. The smallest absolute Gasteiger partial charge is 0.317 e. The van der Waals surface area contributed by atoms with E-state index >= 15 is 0 Å². The lowest BCUT2D eigenvalue weighted by Gasteiger charge is -2.36. The molecule has 0 atom stereocenters. The number of carbonyl (C=O) groups excluding carboxylic acids is 2. The number of hydrogen-bond acceptors (Lipinski definition) is 8. The maximum Gasteiger partial charge on any atom is 0.317 e. The van der Waals surface area contributed by atoms with Gasteiger partial charge in [-0.15, -0.1) is 0 Å². The monoisotopic (exact) mass is 432 g/mol. The Morgan fingerprint density at radius 3 is 1.39 bits per heavy atom. The number of hydrogen-bond donors (Lipinski definition) is 2. The molecule has 28 heavy (non-hydrogen) atoms. The van der Waals surface area contributed by atoms with E-state index in [1.807, 2.05) is 27.7 Å². The molecule has 2 fully saturated rings. The minimum atomic E-state index is -0.442. The summed E-state index contributed by atoms with van der Waals surface area (Å²) in [6.45, 7) is 11.9. The van der Waals surface area contributed by atoms with E-state index in [-0.39, 0.29) is 23.4 Å². The van der Waals surface area contributed by atoms with Crippen LogP contribution in [0.15, 0.2) is 0 Å². The third-order valence-electron chi connectivity index (χ3n) is 5.84. The number of carbonyl (C=O) groups is 2. The molecule has 0 aromatic carbocycles. The van der Waals surface area contributed by atoms with Crippen molar-refractivity contribution in [3.63, 3.8) is 0 Å². The average molecular weight is 433 g/mol. The second-order valence-corrected chi connectivity index (χ2v) is 11.2. The third-order valence-corrected chi connectivity index (χ3v) is 7.92. The molecule has 0 aromatic rings. The second kappa shape index (κ2) is 11.1. The van der Waals surface area contributed by atoms with Crippen molar-refractivity contribution in [2.24, 2.45) is 11.8 Å². The molecule has 2 saturated heterocycles. The highest BCUT2D eigenvalue weighted by Gasteiger charge is 2.35. The van der Waals surface area contributed by atoms with E-state index < -0.39 is 11.2 Å². The number of rotatable bonds is 9. The van der Waals surface area contributed by atoms with Gasteiger partial charge in [-0.25, -0.2) is 0 Å². The van der Waals surface area contributed by atoms with E-state index in [0.29, 0.717) is 11.8 Å². The minimum Gasteiger partial charge on any atom is -0.459 e. The fourth-order valence-corrected chi connectivity index (χ4v) is 5.58. The molecule has 2 heterocycles. The van der Waals surface area contributed by atoms with Gasteiger partial charge < -0.3 is 20.1 Å². The van der Waals surface area contributed by atoms with Gasteiger partial charge in [0.2, 0.25) is 0 Å². The van der Waals surface area contributed by atoms with E-state index in [9.17, 15) is 9.59 Å². The van der Waals surface area contributed by atoms with Gasteiger partial charge in [0, 0.05) is 11.8 Å². The van der Waals surface area contributed by atoms with Gasteiger partial charge in [0.15, 0.2) is 0 Å². The summed E-state index contributed by atoms with van der Waals surface area (Å²) in [4.78, 5) is 24.4. The minimum absolute atomic E-state index is 0.218. The molecular weight excluding hydrogens is 396 g/mol. The molecule has 162 valence electrons. The van der Waals surface area contributed by atoms with Crippen molar-refractivity contribution in [1.29, 1.82) is 0 Å². The maximum atomic E-state index is 12.2. The van der Waals surface area contributed by atoms with E-state index in [1.54, 1.807) is 0 Å². The highest BCUT2D eigenvalue weighted by atomic mass is 33.1. The van der Waals surface area contributed by atoms with Crippen LogP contribution in [0.4, 0.5) is 0 Å². The molecule has 2 aliphatic rings. The third kappa shape index (κ3) is 7.76. The number of piperidine rings is 2. The Kier molecular flexibility index (Phi) is 9.44. The van der Waals surface area contributed by atoms with Gasteiger partial charge in [0.1, 0.15) is 22.7 Å². The zero-order valence-corrected chi connectivity index (χ0v) is 19.3. The van der Waals surface area contributed by atoms with Gasteiger partial charge in [0.25, 0.3) is 0 Å². The first kappa shape index (κ1) is 23.8. The van der Waals surface area contributed by atoms with Crippen LogP contribution < -0.4 is 10.6 Å². The highest BCUT2D eigenvalue weighted by Crippen LogP contribution is 2.32. The first-order chi connectivity index (χ1) is 13.2. The summed E-state index contributed by atoms with van der Waals surface area (Å²) in [7, 11) is 2.72. The summed E-state index contributed by atoms with van der Waals surface area (Å²) in [5, 5.41) is 6.67. The second-order valence-electron chi connectivity index (χ2n) is 8.73. The highest BCUT2D eigenvalue weighted by molar-refractivity contribution is 8.77. The van der Waals surface area contributed by atoms with E-state index in [2.05, 4.69) is 10.6 Å². The zero-order valence-electron chi connectivity index (χ0n) is 17.7. The molecule has 0 saturated carbocycles. The van der Waals surface area contributed by atoms with Crippen molar-refractivity contribution in [2.45, 2.75) is 64.6 Å². The lowest BCUT2D eigenvalue weighted by Crippen LogP contribution is -2.43. The Balaban J connectivity index is 1.63. The molecule has 0 unspecified atom stereocenters. The van der Waals surface area contributed by atoms with Gasteiger partial charge in [-0.05, 0) is 79.6 Å². The molecule has 8 heteroatoms. The Labute approximate surface area is 177 Å². The number of ether oxygens (including phenoxy) is 2. The summed E-state index contributed by atoms with van der Waals surface area (Å²) >= 11 is 0. The Morgan fingerprint density at radius 2 is 1.07 bits per heavy atom. The summed E-state index contributed by atoms with van der Waals surface area (Å²) in [6.07, 6.45) is 4.11. The topological polar surface area (TPSA) is 76.7 Å². The Morgan fingerprint density at radius 1 is 0.750 bits per heavy atom. The summed E-state index contributed by atoms with van der Waals surface area (Å²) in [5.41, 5.74) is -0.884. The predicted octanol–water partition coefficient (Wildman–Crippen LogP) is 3.01. The zero-order chi connectivity index (χ0) is 20.6. The van der Waals surface area contributed by atoms with Crippen molar-refractivity contribution in [3.8, 4) is 0 Å². The van der Waals surface area contributed by atoms with Crippen LogP contribution in [0.1, 0.15) is 53.4 Å². The molecule has 6 nitrogen and oxygen atoms in total.